The van der Waals surface area contributed by atoms with E-state index in [-0.39, 0.29) is 0 Å². The van der Waals surface area contributed by atoms with E-state index in [1.807, 2.05) is 0 Å². The molecule has 0 saturated carbocycles. The molecule has 3 nitrogen and oxygen atoms in total. The van der Waals surface area contributed by atoms with E-state index in [0.29, 0.717) is 10.7 Å². The number of pyridine rings is 1. The van der Waals surface area contributed by atoms with Gasteiger partial charge in [-0.2, -0.15) is 0 Å². The second-order valence-electron chi connectivity index (χ2n) is 2.08. The van der Waals surface area contributed by atoms with E-state index in [0.717, 1.165) is 5.56 Å². The maximum Gasteiger partial charge on any atom is 0.0852 e. The van der Waals surface area contributed by atoms with Crippen molar-refractivity contribution >= 4 is 17.3 Å². The molecule has 1 heterocycles. The molecule has 1 rings (SSSR count). The van der Waals surface area contributed by atoms with Gasteiger partial charge in [-0.25, -0.2) is 0 Å². The van der Waals surface area contributed by atoms with Crippen LogP contribution in [0.5, 0.6) is 0 Å². The number of hydrogen-bond donors (Lipinski definition) is 1. The molecule has 11 heavy (non-hydrogen) atoms. The Morgan fingerprint density at radius 2 is 2.36 bits per heavy atom. The lowest BCUT2D eigenvalue weighted by molar-refractivity contribution is 0.319. The zero-order valence-electron chi connectivity index (χ0n) is 5.95. The van der Waals surface area contributed by atoms with E-state index in [4.69, 9.17) is 16.8 Å². The van der Waals surface area contributed by atoms with Crippen LogP contribution in [0.1, 0.15) is 12.5 Å². The van der Waals surface area contributed by atoms with E-state index in [2.05, 4.69) is 10.1 Å². The predicted octanol–water partition coefficient (Wildman–Crippen LogP) is 1.93. The van der Waals surface area contributed by atoms with Crippen LogP contribution in [-0.4, -0.2) is 15.9 Å². The number of halogens is 1. The van der Waals surface area contributed by atoms with E-state index in [1.54, 1.807) is 19.2 Å². The molecule has 1 aromatic heterocycles. The summed E-state index contributed by atoms with van der Waals surface area (Å²) in [6.45, 7) is 1.67. The number of rotatable bonds is 1. The molecule has 0 radical (unpaired) electrons. The van der Waals surface area contributed by atoms with E-state index in [9.17, 15) is 0 Å². The van der Waals surface area contributed by atoms with Gasteiger partial charge in [0, 0.05) is 18.0 Å². The quantitative estimate of drug-likeness (QED) is 0.398. The van der Waals surface area contributed by atoms with E-state index in [1.165, 1.54) is 6.20 Å². The molecule has 4 heteroatoms. The van der Waals surface area contributed by atoms with Gasteiger partial charge in [0.25, 0.3) is 0 Å². The lowest BCUT2D eigenvalue weighted by atomic mass is 10.2. The normalized spacial score (nSPS) is 11.6. The molecule has 0 aliphatic carbocycles. The first-order valence-electron chi connectivity index (χ1n) is 3.03. The lowest BCUT2D eigenvalue weighted by Gasteiger charge is -1.96. The van der Waals surface area contributed by atoms with Gasteiger partial charge in [-0.05, 0) is 13.0 Å². The summed E-state index contributed by atoms with van der Waals surface area (Å²) >= 11 is 5.65. The molecule has 0 unspecified atom stereocenters. The van der Waals surface area contributed by atoms with Crippen LogP contribution in [0.2, 0.25) is 5.02 Å². The third-order valence-electron chi connectivity index (χ3n) is 1.27. The van der Waals surface area contributed by atoms with Gasteiger partial charge >= 0.3 is 0 Å². The molecule has 0 amide bonds. The van der Waals surface area contributed by atoms with Crippen molar-refractivity contribution in [2.75, 3.05) is 0 Å². The fraction of sp³-hybridized carbons (Fsp3) is 0.143. The first-order chi connectivity index (χ1) is 5.24. The molecular weight excluding hydrogens is 164 g/mol. The first kappa shape index (κ1) is 8.01. The molecule has 1 aromatic rings. The molecular formula is C7H7ClN2O. The number of oxime groups is 1. The summed E-state index contributed by atoms with van der Waals surface area (Å²) in [6, 6.07) is 1.68. The van der Waals surface area contributed by atoms with Gasteiger partial charge in [-0.3, -0.25) is 4.98 Å². The third kappa shape index (κ3) is 1.91. The van der Waals surface area contributed by atoms with Crippen molar-refractivity contribution in [3.63, 3.8) is 0 Å². The van der Waals surface area contributed by atoms with Crippen LogP contribution >= 0.6 is 11.6 Å². The van der Waals surface area contributed by atoms with Crippen molar-refractivity contribution in [2.24, 2.45) is 5.16 Å². The lowest BCUT2D eigenvalue weighted by Crippen LogP contribution is -1.94. The van der Waals surface area contributed by atoms with Crippen LogP contribution in [0.3, 0.4) is 0 Å². The van der Waals surface area contributed by atoms with Crippen molar-refractivity contribution in [1.29, 1.82) is 0 Å². The Bertz CT molecular complexity index is 286. The zero-order valence-corrected chi connectivity index (χ0v) is 6.71. The minimum Gasteiger partial charge on any atom is -0.411 e. The van der Waals surface area contributed by atoms with Gasteiger partial charge in [-0.1, -0.05) is 16.8 Å². The molecule has 0 aromatic carbocycles. The van der Waals surface area contributed by atoms with Crippen molar-refractivity contribution in [1.82, 2.24) is 4.98 Å². The Labute approximate surface area is 69.3 Å². The van der Waals surface area contributed by atoms with E-state index < -0.39 is 0 Å². The maximum absolute atomic E-state index is 8.40. The summed E-state index contributed by atoms with van der Waals surface area (Å²) in [6.07, 6.45) is 3.11. The second-order valence-corrected chi connectivity index (χ2v) is 2.51. The zero-order chi connectivity index (χ0) is 8.27. The molecule has 1 N–H and O–H groups in total. The summed E-state index contributed by atoms with van der Waals surface area (Å²) in [5.41, 5.74) is 1.22. The molecule has 0 saturated heterocycles. The molecule has 0 spiro atoms. The fourth-order valence-corrected chi connectivity index (χ4v) is 0.841. The van der Waals surface area contributed by atoms with Gasteiger partial charge in [0.05, 0.1) is 10.7 Å². The molecule has 0 bridgehead atoms. The number of aromatic nitrogens is 1. The van der Waals surface area contributed by atoms with Crippen molar-refractivity contribution in [3.8, 4) is 0 Å². The van der Waals surface area contributed by atoms with E-state index >= 15 is 0 Å². The Kier molecular flexibility index (Phi) is 2.44. The Balaban J connectivity index is 3.06. The maximum atomic E-state index is 8.40. The number of nitrogens with zero attached hydrogens (tertiary/aromatic N) is 2. The topological polar surface area (TPSA) is 45.5 Å². The van der Waals surface area contributed by atoms with Gasteiger partial charge in [-0.15, -0.1) is 0 Å². The van der Waals surface area contributed by atoms with Crippen molar-refractivity contribution in [3.05, 3.63) is 29.0 Å². The Morgan fingerprint density at radius 3 is 2.91 bits per heavy atom. The molecule has 58 valence electrons. The van der Waals surface area contributed by atoms with Crippen LogP contribution in [0.25, 0.3) is 0 Å². The summed E-state index contributed by atoms with van der Waals surface area (Å²) in [4.78, 5) is 3.83. The predicted molar refractivity (Wildman–Crippen MR) is 43.2 cm³/mol. The van der Waals surface area contributed by atoms with Crippen LogP contribution in [0, 0.1) is 0 Å². The highest BCUT2D eigenvalue weighted by molar-refractivity contribution is 6.30. The SMILES string of the molecule is C/C(=N/O)c1cncc(Cl)c1. The second kappa shape index (κ2) is 3.34. The largest absolute Gasteiger partial charge is 0.411 e. The van der Waals surface area contributed by atoms with Crippen LogP contribution in [-0.2, 0) is 0 Å². The highest BCUT2D eigenvalue weighted by Gasteiger charge is 1.97. The van der Waals surface area contributed by atoms with Crippen molar-refractivity contribution in [2.45, 2.75) is 6.92 Å². The average Bonchev–Trinajstić information content (AvgIpc) is 2.03. The average molecular weight is 171 g/mol. The van der Waals surface area contributed by atoms with Crippen molar-refractivity contribution < 1.29 is 5.21 Å². The molecule has 0 aliphatic heterocycles. The number of hydrogen-bond acceptors (Lipinski definition) is 3. The van der Waals surface area contributed by atoms with Gasteiger partial charge < -0.3 is 5.21 Å². The van der Waals surface area contributed by atoms with Crippen LogP contribution < -0.4 is 0 Å². The smallest absolute Gasteiger partial charge is 0.0852 e. The highest BCUT2D eigenvalue weighted by atomic mass is 35.5. The summed E-state index contributed by atoms with van der Waals surface area (Å²) in [5, 5.41) is 11.9. The Morgan fingerprint density at radius 1 is 1.64 bits per heavy atom. The van der Waals surface area contributed by atoms with Gasteiger partial charge in [0.2, 0.25) is 0 Å². The standard InChI is InChI=1S/C7H7ClN2O/c1-5(10-11)6-2-7(8)4-9-3-6/h2-4,11H,1H3/b10-5-. The van der Waals surface area contributed by atoms with Crippen LogP contribution in [0.4, 0.5) is 0 Å². The van der Waals surface area contributed by atoms with Gasteiger partial charge in [0.1, 0.15) is 0 Å². The summed E-state index contributed by atoms with van der Waals surface area (Å²) in [7, 11) is 0. The third-order valence-corrected chi connectivity index (χ3v) is 1.48. The monoisotopic (exact) mass is 170 g/mol. The summed E-state index contributed by atoms with van der Waals surface area (Å²) < 4.78 is 0. The Hall–Kier alpha value is -1.09. The first-order valence-corrected chi connectivity index (χ1v) is 3.41. The minimum absolute atomic E-state index is 0.500. The molecule has 0 aliphatic rings. The highest BCUT2D eigenvalue weighted by Crippen LogP contribution is 2.08. The van der Waals surface area contributed by atoms with Gasteiger partial charge in [0.15, 0.2) is 0 Å². The fourth-order valence-electron chi connectivity index (χ4n) is 0.667. The molecule has 0 fully saturated rings. The summed E-state index contributed by atoms with van der Waals surface area (Å²) in [5.74, 6) is 0. The van der Waals surface area contributed by atoms with Crippen LogP contribution in [0.15, 0.2) is 23.6 Å². The minimum atomic E-state index is 0.500. The molecule has 0 atom stereocenters.